The van der Waals surface area contributed by atoms with Gasteiger partial charge in [0.15, 0.2) is 0 Å². The van der Waals surface area contributed by atoms with Crippen LogP contribution in [0.25, 0.3) is 10.8 Å². The fourth-order valence-electron chi connectivity index (χ4n) is 3.09. The molecule has 1 atom stereocenters. The molecule has 138 valence electrons. The Kier molecular flexibility index (Phi) is 5.35. The van der Waals surface area contributed by atoms with E-state index in [1.807, 2.05) is 78.9 Å². The summed E-state index contributed by atoms with van der Waals surface area (Å²) in [4.78, 5) is 17.4. The Balaban J connectivity index is 1.67. The minimum absolute atomic E-state index is 0.129. The molecule has 1 amide bonds. The number of anilines is 2. The van der Waals surface area contributed by atoms with E-state index >= 15 is 0 Å². The zero-order chi connectivity index (χ0) is 19.3. The van der Waals surface area contributed by atoms with Gasteiger partial charge in [0.05, 0.1) is 0 Å². The third kappa shape index (κ3) is 4.05. The Bertz CT molecular complexity index is 1090. The molecule has 4 aromatic rings. The first kappa shape index (κ1) is 18.2. The van der Waals surface area contributed by atoms with E-state index in [0.29, 0.717) is 0 Å². The first-order valence-corrected chi connectivity index (χ1v) is 9.71. The molecule has 3 aromatic carbocycles. The molecule has 0 saturated carbocycles. The Morgan fingerprint density at radius 1 is 0.893 bits per heavy atom. The third-order valence-corrected chi connectivity index (χ3v) is 5.02. The SMILES string of the molecule is O=C(Nc1cccc2cnccc12)C(Nc1ccccc1)c1ccc(Br)cc1. The number of nitrogens with zero attached hydrogens (tertiary/aromatic N) is 1. The number of pyridine rings is 1. The van der Waals surface area contributed by atoms with Crippen LogP contribution in [0.5, 0.6) is 0 Å². The van der Waals surface area contributed by atoms with Gasteiger partial charge < -0.3 is 10.6 Å². The first-order chi connectivity index (χ1) is 13.7. The maximum absolute atomic E-state index is 13.2. The smallest absolute Gasteiger partial charge is 0.251 e. The number of hydrogen-bond acceptors (Lipinski definition) is 3. The van der Waals surface area contributed by atoms with Crippen molar-refractivity contribution in [1.29, 1.82) is 0 Å². The van der Waals surface area contributed by atoms with Crippen LogP contribution in [0.15, 0.2) is 95.7 Å². The van der Waals surface area contributed by atoms with Crippen LogP contribution >= 0.6 is 15.9 Å². The van der Waals surface area contributed by atoms with Crippen LogP contribution in [-0.2, 0) is 4.79 Å². The van der Waals surface area contributed by atoms with Gasteiger partial charge in [0.25, 0.3) is 5.91 Å². The number of aromatic nitrogens is 1. The first-order valence-electron chi connectivity index (χ1n) is 8.91. The molecule has 1 unspecified atom stereocenters. The molecule has 0 aliphatic heterocycles. The van der Waals surface area contributed by atoms with Crippen molar-refractivity contribution in [3.05, 3.63) is 101 Å². The molecule has 0 aliphatic rings. The number of hydrogen-bond donors (Lipinski definition) is 2. The van der Waals surface area contributed by atoms with E-state index < -0.39 is 6.04 Å². The lowest BCUT2D eigenvalue weighted by Crippen LogP contribution is -2.27. The van der Waals surface area contributed by atoms with E-state index in [1.165, 1.54) is 0 Å². The molecular formula is C23H18BrN3O. The largest absolute Gasteiger partial charge is 0.370 e. The summed E-state index contributed by atoms with van der Waals surface area (Å²) in [5.74, 6) is -0.129. The van der Waals surface area contributed by atoms with Crippen molar-refractivity contribution < 1.29 is 4.79 Å². The highest BCUT2D eigenvalue weighted by Gasteiger charge is 2.21. The predicted octanol–water partition coefficient (Wildman–Crippen LogP) is 5.79. The van der Waals surface area contributed by atoms with Crippen LogP contribution in [0.1, 0.15) is 11.6 Å². The normalized spacial score (nSPS) is 11.8. The van der Waals surface area contributed by atoms with E-state index in [1.54, 1.807) is 12.4 Å². The molecule has 28 heavy (non-hydrogen) atoms. The van der Waals surface area contributed by atoms with Crippen LogP contribution in [0.2, 0.25) is 0 Å². The number of amides is 1. The summed E-state index contributed by atoms with van der Waals surface area (Å²) >= 11 is 3.45. The topological polar surface area (TPSA) is 54.0 Å². The van der Waals surface area contributed by atoms with Crippen LogP contribution in [0, 0.1) is 0 Å². The van der Waals surface area contributed by atoms with Gasteiger partial charge in [-0.2, -0.15) is 0 Å². The van der Waals surface area contributed by atoms with Crippen LogP contribution in [-0.4, -0.2) is 10.9 Å². The summed E-state index contributed by atoms with van der Waals surface area (Å²) < 4.78 is 0.969. The molecule has 0 spiro atoms. The van der Waals surface area contributed by atoms with Gasteiger partial charge in [0.1, 0.15) is 6.04 Å². The summed E-state index contributed by atoms with van der Waals surface area (Å²) in [7, 11) is 0. The van der Waals surface area contributed by atoms with E-state index in [0.717, 1.165) is 32.2 Å². The van der Waals surface area contributed by atoms with Crippen molar-refractivity contribution in [2.75, 3.05) is 10.6 Å². The number of halogens is 1. The monoisotopic (exact) mass is 431 g/mol. The summed E-state index contributed by atoms with van der Waals surface area (Å²) in [6, 6.07) is 24.7. The number of fused-ring (bicyclic) bond motifs is 1. The Morgan fingerprint density at radius 3 is 2.46 bits per heavy atom. The second-order valence-corrected chi connectivity index (χ2v) is 7.30. The van der Waals surface area contributed by atoms with Crippen molar-refractivity contribution in [3.8, 4) is 0 Å². The Morgan fingerprint density at radius 2 is 1.68 bits per heavy atom. The summed E-state index contributed by atoms with van der Waals surface area (Å²) in [5, 5.41) is 8.36. The molecule has 0 radical (unpaired) electrons. The molecule has 5 heteroatoms. The minimum Gasteiger partial charge on any atom is -0.370 e. The maximum Gasteiger partial charge on any atom is 0.251 e. The van der Waals surface area contributed by atoms with E-state index in [4.69, 9.17) is 0 Å². The number of para-hydroxylation sites is 1. The fourth-order valence-corrected chi connectivity index (χ4v) is 3.36. The van der Waals surface area contributed by atoms with E-state index in [-0.39, 0.29) is 5.91 Å². The van der Waals surface area contributed by atoms with Gasteiger partial charge in [-0.3, -0.25) is 9.78 Å². The lowest BCUT2D eigenvalue weighted by atomic mass is 10.0. The lowest BCUT2D eigenvalue weighted by molar-refractivity contribution is -0.117. The second kappa shape index (κ2) is 8.23. The molecular weight excluding hydrogens is 414 g/mol. The van der Waals surface area contributed by atoms with E-state index in [2.05, 4.69) is 31.5 Å². The molecule has 2 N–H and O–H groups in total. The molecule has 4 nitrogen and oxygen atoms in total. The highest BCUT2D eigenvalue weighted by molar-refractivity contribution is 9.10. The number of benzene rings is 3. The fraction of sp³-hybridized carbons (Fsp3) is 0.0435. The van der Waals surface area contributed by atoms with Gasteiger partial charge in [-0.25, -0.2) is 0 Å². The molecule has 4 rings (SSSR count). The summed E-state index contributed by atoms with van der Waals surface area (Å²) in [5.41, 5.74) is 2.53. The molecule has 0 bridgehead atoms. The van der Waals surface area contributed by atoms with Crippen molar-refractivity contribution in [3.63, 3.8) is 0 Å². The Hall–Kier alpha value is -3.18. The van der Waals surface area contributed by atoms with Gasteiger partial charge in [-0.05, 0) is 42.0 Å². The Labute approximate surface area is 171 Å². The summed E-state index contributed by atoms with van der Waals surface area (Å²) in [6.07, 6.45) is 3.52. The van der Waals surface area contributed by atoms with Crippen LogP contribution in [0.4, 0.5) is 11.4 Å². The zero-order valence-corrected chi connectivity index (χ0v) is 16.6. The maximum atomic E-state index is 13.2. The quantitative estimate of drug-likeness (QED) is 0.420. The van der Waals surface area contributed by atoms with E-state index in [9.17, 15) is 4.79 Å². The van der Waals surface area contributed by atoms with Gasteiger partial charge in [0.2, 0.25) is 0 Å². The predicted molar refractivity (Wildman–Crippen MR) is 117 cm³/mol. The summed E-state index contributed by atoms with van der Waals surface area (Å²) in [6.45, 7) is 0. The zero-order valence-electron chi connectivity index (χ0n) is 15.0. The second-order valence-electron chi connectivity index (χ2n) is 6.39. The van der Waals surface area contributed by atoms with Crippen LogP contribution in [0.3, 0.4) is 0 Å². The average molecular weight is 432 g/mol. The average Bonchev–Trinajstić information content (AvgIpc) is 2.74. The number of nitrogens with one attached hydrogen (secondary N) is 2. The highest BCUT2D eigenvalue weighted by atomic mass is 79.9. The van der Waals surface area contributed by atoms with Crippen molar-refractivity contribution in [2.24, 2.45) is 0 Å². The van der Waals surface area contributed by atoms with Crippen LogP contribution < -0.4 is 10.6 Å². The minimum atomic E-state index is -0.535. The molecule has 0 saturated heterocycles. The molecule has 0 fully saturated rings. The number of carbonyl (C=O) groups is 1. The highest BCUT2D eigenvalue weighted by Crippen LogP contribution is 2.26. The van der Waals surface area contributed by atoms with Gasteiger partial charge >= 0.3 is 0 Å². The van der Waals surface area contributed by atoms with Gasteiger partial charge in [-0.15, -0.1) is 0 Å². The lowest BCUT2D eigenvalue weighted by Gasteiger charge is -2.21. The third-order valence-electron chi connectivity index (χ3n) is 4.49. The standard InChI is InChI=1S/C23H18BrN3O/c24-18-11-9-16(10-12-18)22(26-19-6-2-1-3-7-19)23(28)27-21-8-4-5-17-15-25-14-13-20(17)21/h1-15,22,26H,(H,27,28). The molecule has 1 aromatic heterocycles. The number of carbonyl (C=O) groups excluding carboxylic acids is 1. The number of rotatable bonds is 5. The molecule has 0 aliphatic carbocycles. The van der Waals surface area contributed by atoms with Gasteiger partial charge in [-0.1, -0.05) is 58.4 Å². The molecule has 1 heterocycles. The van der Waals surface area contributed by atoms with Crippen molar-refractivity contribution in [1.82, 2.24) is 4.98 Å². The van der Waals surface area contributed by atoms with Crippen molar-refractivity contribution in [2.45, 2.75) is 6.04 Å². The van der Waals surface area contributed by atoms with Gasteiger partial charge in [0, 0.05) is 39.0 Å². The van der Waals surface area contributed by atoms with Crippen molar-refractivity contribution >= 4 is 44.0 Å².